The number of nitrogens with zero attached hydrogens (tertiary/aromatic N) is 1. The average Bonchev–Trinajstić information content (AvgIpc) is 2.72. The second kappa shape index (κ2) is 10.0. The van der Waals surface area contributed by atoms with E-state index in [1.54, 1.807) is 6.07 Å². The summed E-state index contributed by atoms with van der Waals surface area (Å²) >= 11 is 12.0. The standard InChI is InChI=1S/C23H21Cl2FN2O3S/c1-15-6-11-22(16(2)12-15)27-23(29)14-28(13-19-20(25)4-3-5-21(19)26)32(30,31)18-9-7-17(24)8-10-18/h3-12H,13-14H2,1-2H3,(H,27,29). The lowest BCUT2D eigenvalue weighted by atomic mass is 10.1. The molecule has 3 aromatic carbocycles. The van der Waals surface area contributed by atoms with Crippen LogP contribution in [-0.4, -0.2) is 25.2 Å². The van der Waals surface area contributed by atoms with Crippen LogP contribution in [-0.2, 0) is 21.4 Å². The van der Waals surface area contributed by atoms with E-state index in [-0.39, 0.29) is 15.5 Å². The molecule has 0 saturated heterocycles. The zero-order valence-electron chi connectivity index (χ0n) is 17.4. The lowest BCUT2D eigenvalue weighted by molar-refractivity contribution is -0.116. The van der Waals surface area contributed by atoms with Crippen molar-refractivity contribution in [1.29, 1.82) is 0 Å². The highest BCUT2D eigenvalue weighted by molar-refractivity contribution is 7.89. The van der Waals surface area contributed by atoms with Crippen LogP contribution >= 0.6 is 23.2 Å². The summed E-state index contributed by atoms with van der Waals surface area (Å²) in [7, 11) is -4.17. The first-order valence-corrected chi connectivity index (χ1v) is 11.8. The smallest absolute Gasteiger partial charge is 0.243 e. The van der Waals surface area contributed by atoms with Crippen LogP contribution in [0.3, 0.4) is 0 Å². The van der Waals surface area contributed by atoms with Gasteiger partial charge in [0.25, 0.3) is 0 Å². The van der Waals surface area contributed by atoms with Crippen LogP contribution in [0.5, 0.6) is 0 Å². The summed E-state index contributed by atoms with van der Waals surface area (Å²) in [5, 5.41) is 3.15. The Balaban J connectivity index is 1.94. The van der Waals surface area contributed by atoms with Gasteiger partial charge in [-0.3, -0.25) is 4.79 Å². The molecule has 32 heavy (non-hydrogen) atoms. The summed E-state index contributed by atoms with van der Waals surface area (Å²) in [6, 6.07) is 15.1. The van der Waals surface area contributed by atoms with E-state index >= 15 is 0 Å². The van der Waals surface area contributed by atoms with Gasteiger partial charge in [-0.15, -0.1) is 0 Å². The molecule has 3 aromatic rings. The van der Waals surface area contributed by atoms with Crippen LogP contribution in [0, 0.1) is 19.7 Å². The Morgan fingerprint density at radius 1 is 1.03 bits per heavy atom. The van der Waals surface area contributed by atoms with Crippen molar-refractivity contribution in [2.24, 2.45) is 0 Å². The largest absolute Gasteiger partial charge is 0.325 e. The first kappa shape index (κ1) is 24.2. The molecule has 168 valence electrons. The molecule has 1 N–H and O–H groups in total. The summed E-state index contributed by atoms with van der Waals surface area (Å²) in [6.07, 6.45) is 0. The Kier molecular flexibility index (Phi) is 7.56. The first-order chi connectivity index (χ1) is 15.1. The van der Waals surface area contributed by atoms with Crippen LogP contribution in [0.2, 0.25) is 10.0 Å². The maximum Gasteiger partial charge on any atom is 0.243 e. The summed E-state index contributed by atoms with van der Waals surface area (Å²) < 4.78 is 41.9. The van der Waals surface area contributed by atoms with Crippen LogP contribution in [0.1, 0.15) is 16.7 Å². The highest BCUT2D eigenvalue weighted by Crippen LogP contribution is 2.26. The molecule has 1 amide bonds. The van der Waals surface area contributed by atoms with Gasteiger partial charge < -0.3 is 5.32 Å². The SMILES string of the molecule is Cc1ccc(NC(=O)CN(Cc2c(F)cccc2Cl)S(=O)(=O)c2ccc(Cl)cc2)c(C)c1. The molecule has 0 unspecified atom stereocenters. The number of amides is 1. The van der Waals surface area contributed by atoms with E-state index in [0.717, 1.165) is 15.4 Å². The van der Waals surface area contributed by atoms with Gasteiger partial charge in [0, 0.05) is 27.8 Å². The molecule has 0 aliphatic rings. The molecule has 0 heterocycles. The van der Waals surface area contributed by atoms with Crippen molar-refractivity contribution in [3.63, 3.8) is 0 Å². The van der Waals surface area contributed by atoms with E-state index in [4.69, 9.17) is 23.2 Å². The first-order valence-electron chi connectivity index (χ1n) is 9.63. The van der Waals surface area contributed by atoms with E-state index in [9.17, 15) is 17.6 Å². The normalized spacial score (nSPS) is 11.6. The molecule has 0 saturated carbocycles. The number of rotatable bonds is 7. The summed E-state index contributed by atoms with van der Waals surface area (Å²) in [4.78, 5) is 12.7. The van der Waals surface area contributed by atoms with Gasteiger partial charge in [-0.25, -0.2) is 12.8 Å². The van der Waals surface area contributed by atoms with E-state index < -0.39 is 34.8 Å². The van der Waals surface area contributed by atoms with Gasteiger partial charge in [-0.2, -0.15) is 4.31 Å². The molecule has 0 aliphatic heterocycles. The Morgan fingerprint density at radius 2 is 1.72 bits per heavy atom. The molecule has 0 radical (unpaired) electrons. The van der Waals surface area contributed by atoms with Gasteiger partial charge in [-0.1, -0.05) is 47.0 Å². The maximum atomic E-state index is 14.4. The molecular formula is C23H21Cl2FN2O3S. The second-order valence-electron chi connectivity index (χ2n) is 7.29. The molecule has 3 rings (SSSR count). The Morgan fingerprint density at radius 3 is 2.34 bits per heavy atom. The molecular weight excluding hydrogens is 474 g/mol. The monoisotopic (exact) mass is 494 g/mol. The Labute approximate surface area is 196 Å². The quantitative estimate of drug-likeness (QED) is 0.466. The van der Waals surface area contributed by atoms with Crippen molar-refractivity contribution in [3.05, 3.63) is 93.2 Å². The molecule has 0 aliphatic carbocycles. The van der Waals surface area contributed by atoms with Crippen LogP contribution in [0.15, 0.2) is 65.6 Å². The number of nitrogens with one attached hydrogen (secondary N) is 1. The number of aryl methyl sites for hydroxylation is 2. The predicted molar refractivity (Wildman–Crippen MR) is 125 cm³/mol. The van der Waals surface area contributed by atoms with Crippen molar-refractivity contribution < 1.29 is 17.6 Å². The topological polar surface area (TPSA) is 66.5 Å². The fraction of sp³-hybridized carbons (Fsp3) is 0.174. The summed E-state index contributed by atoms with van der Waals surface area (Å²) in [5.74, 6) is -1.23. The third kappa shape index (κ3) is 5.66. The van der Waals surface area contributed by atoms with E-state index in [0.29, 0.717) is 10.7 Å². The lowest BCUT2D eigenvalue weighted by Gasteiger charge is -2.23. The third-order valence-corrected chi connectivity index (χ3v) is 7.24. The number of anilines is 1. The number of carbonyl (C=O) groups is 1. The molecule has 0 aromatic heterocycles. The molecule has 0 bridgehead atoms. The maximum absolute atomic E-state index is 14.4. The van der Waals surface area contributed by atoms with Gasteiger partial charge in [0.1, 0.15) is 5.82 Å². The van der Waals surface area contributed by atoms with Crippen molar-refractivity contribution in [2.45, 2.75) is 25.3 Å². The lowest BCUT2D eigenvalue weighted by Crippen LogP contribution is -2.38. The van der Waals surface area contributed by atoms with Crippen LogP contribution < -0.4 is 5.32 Å². The molecule has 0 atom stereocenters. The minimum absolute atomic E-state index is 0.0222. The third-order valence-electron chi connectivity index (χ3n) is 4.82. The summed E-state index contributed by atoms with van der Waals surface area (Å²) in [6.45, 7) is 2.81. The number of sulfonamides is 1. The number of hydrogen-bond donors (Lipinski definition) is 1. The molecule has 0 fully saturated rings. The minimum Gasteiger partial charge on any atom is -0.325 e. The fourth-order valence-electron chi connectivity index (χ4n) is 3.14. The van der Waals surface area contributed by atoms with Gasteiger partial charge in [0.05, 0.1) is 11.4 Å². The Bertz CT molecular complexity index is 1230. The van der Waals surface area contributed by atoms with Gasteiger partial charge in [0.15, 0.2) is 0 Å². The van der Waals surface area contributed by atoms with Gasteiger partial charge in [-0.05, 0) is 61.9 Å². The molecule has 5 nitrogen and oxygen atoms in total. The van der Waals surface area contributed by atoms with Crippen LogP contribution in [0.4, 0.5) is 10.1 Å². The zero-order chi connectivity index (χ0) is 23.5. The fourth-order valence-corrected chi connectivity index (χ4v) is 4.86. The Hall–Kier alpha value is -2.45. The number of carbonyl (C=O) groups excluding carboxylic acids is 1. The summed E-state index contributed by atoms with van der Waals surface area (Å²) in [5.41, 5.74) is 2.41. The van der Waals surface area contributed by atoms with Gasteiger partial charge >= 0.3 is 0 Å². The van der Waals surface area contributed by atoms with Gasteiger partial charge in [0.2, 0.25) is 15.9 Å². The molecule has 0 spiro atoms. The van der Waals surface area contributed by atoms with Crippen molar-refractivity contribution in [3.8, 4) is 0 Å². The predicted octanol–water partition coefficient (Wildman–Crippen LogP) is 5.58. The van der Waals surface area contributed by atoms with E-state index in [1.807, 2.05) is 26.0 Å². The van der Waals surface area contributed by atoms with E-state index in [1.165, 1.54) is 42.5 Å². The van der Waals surface area contributed by atoms with Crippen LogP contribution in [0.25, 0.3) is 0 Å². The number of halogens is 3. The minimum atomic E-state index is -4.17. The molecule has 9 heteroatoms. The van der Waals surface area contributed by atoms with Crippen molar-refractivity contribution in [1.82, 2.24) is 4.31 Å². The number of benzene rings is 3. The van der Waals surface area contributed by atoms with Crippen molar-refractivity contribution >= 4 is 44.8 Å². The number of hydrogen-bond acceptors (Lipinski definition) is 3. The highest BCUT2D eigenvalue weighted by atomic mass is 35.5. The van der Waals surface area contributed by atoms with Crippen molar-refractivity contribution in [2.75, 3.05) is 11.9 Å². The average molecular weight is 495 g/mol. The zero-order valence-corrected chi connectivity index (χ0v) is 19.7. The van der Waals surface area contributed by atoms with E-state index in [2.05, 4.69) is 5.32 Å². The second-order valence-corrected chi connectivity index (χ2v) is 10.1. The highest BCUT2D eigenvalue weighted by Gasteiger charge is 2.28.